The maximum absolute atomic E-state index is 11.3. The van der Waals surface area contributed by atoms with Gasteiger partial charge in [0.1, 0.15) is 5.03 Å². The van der Waals surface area contributed by atoms with Gasteiger partial charge < -0.3 is 4.74 Å². The van der Waals surface area contributed by atoms with Gasteiger partial charge in [-0.3, -0.25) is 0 Å². The van der Waals surface area contributed by atoms with E-state index in [0.717, 1.165) is 16.3 Å². The number of rotatable bonds is 4. The monoisotopic (exact) mass is 249 g/mol. The van der Waals surface area contributed by atoms with Crippen LogP contribution in [0.5, 0.6) is 0 Å². The Labute approximate surface area is 103 Å². The molecule has 1 N–H and O–H groups in total. The number of carbonyl (C=O) groups is 1. The zero-order valence-electron chi connectivity index (χ0n) is 9.21. The second kappa shape index (κ2) is 5.49. The zero-order chi connectivity index (χ0) is 12.1. The van der Waals surface area contributed by atoms with Gasteiger partial charge in [-0.1, -0.05) is 23.9 Å². The molecule has 0 unspecified atom stereocenters. The van der Waals surface area contributed by atoms with Crippen LogP contribution in [-0.2, 0) is 10.5 Å². The Hall–Kier alpha value is -1.82. The first-order chi connectivity index (χ1) is 8.29. The van der Waals surface area contributed by atoms with E-state index in [2.05, 4.69) is 20.1 Å². The van der Waals surface area contributed by atoms with Crippen LogP contribution in [0.15, 0.2) is 35.5 Å². The Kier molecular flexibility index (Phi) is 3.77. The topological polar surface area (TPSA) is 67.9 Å². The molecule has 5 nitrogen and oxygen atoms in total. The summed E-state index contributed by atoms with van der Waals surface area (Å²) in [6.45, 7) is 0. The van der Waals surface area contributed by atoms with Gasteiger partial charge in [-0.2, -0.15) is 10.3 Å². The second-order valence-electron chi connectivity index (χ2n) is 3.29. The van der Waals surface area contributed by atoms with Crippen molar-refractivity contribution in [1.82, 2.24) is 15.4 Å². The van der Waals surface area contributed by atoms with E-state index < -0.39 is 0 Å². The van der Waals surface area contributed by atoms with E-state index in [4.69, 9.17) is 0 Å². The van der Waals surface area contributed by atoms with Crippen LogP contribution in [0.3, 0.4) is 0 Å². The first-order valence-corrected chi connectivity index (χ1v) is 5.94. The molecule has 1 aromatic carbocycles. The minimum absolute atomic E-state index is 0.321. The average molecular weight is 249 g/mol. The standard InChI is InChI=1S/C11H11N3O2S/c1-16-11(15)9-4-2-3-8(5-9)7-17-10-6-12-14-13-10/h2-6H,7H2,1H3,(H,12,13,14). The molecular formula is C11H11N3O2S. The number of hydrogen-bond donors (Lipinski definition) is 1. The van der Waals surface area contributed by atoms with Crippen LogP contribution in [0.1, 0.15) is 15.9 Å². The summed E-state index contributed by atoms with van der Waals surface area (Å²) in [4.78, 5) is 11.3. The molecule has 0 aliphatic carbocycles. The number of methoxy groups -OCH3 is 1. The van der Waals surface area contributed by atoms with E-state index in [9.17, 15) is 4.79 Å². The van der Waals surface area contributed by atoms with Gasteiger partial charge in [0.2, 0.25) is 0 Å². The number of nitrogens with zero attached hydrogens (tertiary/aromatic N) is 2. The highest BCUT2D eigenvalue weighted by atomic mass is 32.2. The summed E-state index contributed by atoms with van der Waals surface area (Å²) in [5, 5.41) is 11.0. The third kappa shape index (κ3) is 3.07. The molecule has 88 valence electrons. The molecule has 2 aromatic rings. The average Bonchev–Trinajstić information content (AvgIpc) is 2.89. The maximum Gasteiger partial charge on any atom is 0.337 e. The third-order valence-electron chi connectivity index (χ3n) is 2.13. The number of carbonyl (C=O) groups excluding carboxylic acids is 1. The van der Waals surface area contributed by atoms with Crippen molar-refractivity contribution in [2.24, 2.45) is 0 Å². The van der Waals surface area contributed by atoms with Crippen LogP contribution in [0, 0.1) is 0 Å². The van der Waals surface area contributed by atoms with Crippen molar-refractivity contribution in [3.8, 4) is 0 Å². The van der Waals surface area contributed by atoms with Crippen molar-refractivity contribution in [3.63, 3.8) is 0 Å². The van der Waals surface area contributed by atoms with E-state index in [-0.39, 0.29) is 5.97 Å². The lowest BCUT2D eigenvalue weighted by molar-refractivity contribution is 0.0600. The summed E-state index contributed by atoms with van der Waals surface area (Å²) in [5.41, 5.74) is 1.60. The predicted molar refractivity (Wildman–Crippen MR) is 63.7 cm³/mol. The Bertz CT molecular complexity index is 499. The number of H-pyrrole nitrogens is 1. The molecule has 0 radical (unpaired) electrons. The van der Waals surface area contributed by atoms with Gasteiger partial charge in [0.25, 0.3) is 0 Å². The molecule has 0 amide bonds. The van der Waals surface area contributed by atoms with Gasteiger partial charge >= 0.3 is 5.97 Å². The minimum Gasteiger partial charge on any atom is -0.465 e. The number of aromatic amines is 1. The van der Waals surface area contributed by atoms with Crippen molar-refractivity contribution in [3.05, 3.63) is 41.6 Å². The molecule has 0 bridgehead atoms. The molecule has 17 heavy (non-hydrogen) atoms. The molecule has 0 saturated carbocycles. The number of thioether (sulfide) groups is 1. The molecular weight excluding hydrogens is 238 g/mol. The Morgan fingerprint density at radius 3 is 3.12 bits per heavy atom. The molecule has 0 spiro atoms. The van der Waals surface area contributed by atoms with E-state index in [1.54, 1.807) is 24.0 Å². The lowest BCUT2D eigenvalue weighted by Crippen LogP contribution is -2.01. The normalized spacial score (nSPS) is 10.2. The first-order valence-electron chi connectivity index (χ1n) is 4.95. The number of nitrogens with one attached hydrogen (secondary N) is 1. The van der Waals surface area contributed by atoms with Crippen LogP contribution >= 0.6 is 11.8 Å². The van der Waals surface area contributed by atoms with Crippen LogP contribution < -0.4 is 0 Å². The van der Waals surface area contributed by atoms with E-state index in [1.165, 1.54) is 7.11 Å². The van der Waals surface area contributed by atoms with Crippen molar-refractivity contribution in [2.75, 3.05) is 7.11 Å². The SMILES string of the molecule is COC(=O)c1cccc(CSc2cn[nH]n2)c1. The molecule has 0 fully saturated rings. The van der Waals surface area contributed by atoms with Crippen LogP contribution in [0.2, 0.25) is 0 Å². The molecule has 0 aliphatic heterocycles. The zero-order valence-corrected chi connectivity index (χ0v) is 10.0. The second-order valence-corrected chi connectivity index (χ2v) is 4.28. The van der Waals surface area contributed by atoms with Gasteiger partial charge in [-0.05, 0) is 17.7 Å². The quantitative estimate of drug-likeness (QED) is 0.662. The van der Waals surface area contributed by atoms with Gasteiger partial charge in [0, 0.05) is 5.75 Å². The summed E-state index contributed by atoms with van der Waals surface area (Å²) in [6, 6.07) is 7.35. The number of esters is 1. The van der Waals surface area contributed by atoms with Crippen molar-refractivity contribution < 1.29 is 9.53 Å². The number of aromatic nitrogens is 3. The Morgan fingerprint density at radius 2 is 2.41 bits per heavy atom. The van der Waals surface area contributed by atoms with Crippen molar-refractivity contribution in [2.45, 2.75) is 10.8 Å². The summed E-state index contributed by atoms with van der Waals surface area (Å²) in [6.07, 6.45) is 1.66. The molecule has 0 saturated heterocycles. The molecule has 2 rings (SSSR count). The number of benzene rings is 1. The van der Waals surface area contributed by atoms with Crippen molar-refractivity contribution in [1.29, 1.82) is 0 Å². The van der Waals surface area contributed by atoms with E-state index >= 15 is 0 Å². The fourth-order valence-electron chi connectivity index (χ4n) is 1.32. The highest BCUT2D eigenvalue weighted by molar-refractivity contribution is 7.98. The summed E-state index contributed by atoms with van der Waals surface area (Å²) < 4.78 is 4.67. The van der Waals surface area contributed by atoms with E-state index in [0.29, 0.717) is 5.56 Å². The van der Waals surface area contributed by atoms with Crippen LogP contribution in [0.4, 0.5) is 0 Å². The fraction of sp³-hybridized carbons (Fsp3) is 0.182. The lowest BCUT2D eigenvalue weighted by atomic mass is 10.1. The van der Waals surface area contributed by atoms with Gasteiger partial charge in [-0.25, -0.2) is 4.79 Å². The summed E-state index contributed by atoms with van der Waals surface area (Å²) >= 11 is 1.55. The molecule has 0 atom stereocenters. The maximum atomic E-state index is 11.3. The summed E-state index contributed by atoms with van der Waals surface area (Å²) in [5.74, 6) is 0.412. The predicted octanol–water partition coefficient (Wildman–Crippen LogP) is 1.88. The molecule has 1 heterocycles. The van der Waals surface area contributed by atoms with Gasteiger partial charge in [0.05, 0.1) is 18.9 Å². The Balaban J connectivity index is 2.03. The van der Waals surface area contributed by atoms with Gasteiger partial charge in [-0.15, -0.1) is 5.10 Å². The molecule has 0 aliphatic rings. The fourth-order valence-corrected chi connectivity index (χ4v) is 2.05. The molecule has 1 aromatic heterocycles. The Morgan fingerprint density at radius 1 is 1.53 bits per heavy atom. The molecule has 6 heteroatoms. The minimum atomic E-state index is -0.321. The number of ether oxygens (including phenoxy) is 1. The largest absolute Gasteiger partial charge is 0.465 e. The van der Waals surface area contributed by atoms with Crippen LogP contribution in [-0.4, -0.2) is 28.5 Å². The first kappa shape index (κ1) is 11.7. The van der Waals surface area contributed by atoms with Crippen LogP contribution in [0.25, 0.3) is 0 Å². The van der Waals surface area contributed by atoms with Gasteiger partial charge in [0.15, 0.2) is 0 Å². The third-order valence-corrected chi connectivity index (χ3v) is 3.10. The smallest absolute Gasteiger partial charge is 0.337 e. The highest BCUT2D eigenvalue weighted by Crippen LogP contribution is 2.20. The number of hydrogen-bond acceptors (Lipinski definition) is 5. The van der Waals surface area contributed by atoms with Crippen molar-refractivity contribution >= 4 is 17.7 Å². The highest BCUT2D eigenvalue weighted by Gasteiger charge is 2.06. The van der Waals surface area contributed by atoms with E-state index in [1.807, 2.05) is 18.2 Å². The lowest BCUT2D eigenvalue weighted by Gasteiger charge is -2.02. The summed E-state index contributed by atoms with van der Waals surface area (Å²) in [7, 11) is 1.37.